The molecule has 0 radical (unpaired) electrons. The largest absolute Gasteiger partial charge is 0.490 e. The lowest BCUT2D eigenvalue weighted by molar-refractivity contribution is 0.325. The first-order valence-corrected chi connectivity index (χ1v) is 6.15. The Hall–Kier alpha value is -0.740. The lowest BCUT2D eigenvalue weighted by Gasteiger charge is -2.06. The molecule has 1 aromatic carbocycles. The number of benzene rings is 1. The van der Waals surface area contributed by atoms with Gasteiger partial charge in [-0.3, -0.25) is 0 Å². The van der Waals surface area contributed by atoms with Crippen LogP contribution in [0, 0.1) is 5.82 Å². The highest BCUT2D eigenvalue weighted by atomic mass is 32.2. The van der Waals surface area contributed by atoms with Gasteiger partial charge in [0, 0.05) is 5.75 Å². The van der Waals surface area contributed by atoms with E-state index in [4.69, 9.17) is 10.5 Å². The summed E-state index contributed by atoms with van der Waals surface area (Å²) >= 11 is 1.78. The van der Waals surface area contributed by atoms with Gasteiger partial charge in [0.15, 0.2) is 11.6 Å². The van der Waals surface area contributed by atoms with Crippen LogP contribution in [0.1, 0.15) is 6.42 Å². The van der Waals surface area contributed by atoms with Crippen molar-refractivity contribution in [3.8, 4) is 5.75 Å². The Labute approximate surface area is 94.0 Å². The fraction of sp³-hybridized carbons (Fsp3) is 0.455. The van der Waals surface area contributed by atoms with E-state index in [-0.39, 0.29) is 5.82 Å². The van der Waals surface area contributed by atoms with Crippen LogP contribution in [0.4, 0.5) is 4.39 Å². The van der Waals surface area contributed by atoms with E-state index in [2.05, 4.69) is 0 Å². The van der Waals surface area contributed by atoms with Crippen LogP contribution in [0.25, 0.3) is 0 Å². The molecule has 0 aliphatic rings. The number of ether oxygens (including phenoxy) is 1. The van der Waals surface area contributed by atoms with Gasteiger partial charge in [0.1, 0.15) is 0 Å². The van der Waals surface area contributed by atoms with Gasteiger partial charge in [-0.25, -0.2) is 4.39 Å². The molecule has 0 spiro atoms. The van der Waals surface area contributed by atoms with Gasteiger partial charge in [-0.2, -0.15) is 11.8 Å². The van der Waals surface area contributed by atoms with Gasteiger partial charge in [0.05, 0.1) is 6.61 Å². The molecule has 1 aromatic rings. The van der Waals surface area contributed by atoms with E-state index in [0.29, 0.717) is 12.4 Å². The van der Waals surface area contributed by atoms with Gasteiger partial charge in [-0.1, -0.05) is 12.1 Å². The molecule has 4 heteroatoms. The molecule has 0 atom stereocenters. The molecule has 0 heterocycles. The van der Waals surface area contributed by atoms with Gasteiger partial charge in [0.25, 0.3) is 0 Å². The number of nitrogens with two attached hydrogens (primary N) is 1. The summed E-state index contributed by atoms with van der Waals surface area (Å²) in [5.74, 6) is 1.94. The average Bonchev–Trinajstić information content (AvgIpc) is 2.25. The van der Waals surface area contributed by atoms with Gasteiger partial charge in [-0.15, -0.1) is 0 Å². The normalized spacial score (nSPS) is 10.3. The molecule has 0 aromatic heterocycles. The zero-order valence-corrected chi connectivity index (χ0v) is 9.43. The molecule has 1 rings (SSSR count). The molecule has 2 nitrogen and oxygen atoms in total. The predicted molar refractivity (Wildman–Crippen MR) is 62.9 cm³/mol. The molecule has 0 amide bonds. The van der Waals surface area contributed by atoms with Crippen molar-refractivity contribution in [3.05, 3.63) is 30.1 Å². The van der Waals surface area contributed by atoms with Crippen molar-refractivity contribution < 1.29 is 9.13 Å². The second kappa shape index (κ2) is 7.54. The van der Waals surface area contributed by atoms with Crippen molar-refractivity contribution in [3.63, 3.8) is 0 Å². The Morgan fingerprint density at radius 3 is 2.80 bits per heavy atom. The first-order chi connectivity index (χ1) is 7.34. The fourth-order valence-corrected chi connectivity index (χ4v) is 1.84. The number of hydrogen-bond donors (Lipinski definition) is 1. The van der Waals surface area contributed by atoms with E-state index in [9.17, 15) is 4.39 Å². The van der Waals surface area contributed by atoms with Crippen LogP contribution in [0.3, 0.4) is 0 Å². The first-order valence-electron chi connectivity index (χ1n) is 4.99. The summed E-state index contributed by atoms with van der Waals surface area (Å²) in [4.78, 5) is 0. The molecule has 0 bridgehead atoms. The summed E-state index contributed by atoms with van der Waals surface area (Å²) in [6.45, 7) is 1.26. The molecule has 0 saturated heterocycles. The molecule has 0 aliphatic carbocycles. The zero-order chi connectivity index (χ0) is 10.9. The van der Waals surface area contributed by atoms with Gasteiger partial charge >= 0.3 is 0 Å². The molecule has 0 unspecified atom stereocenters. The highest BCUT2D eigenvalue weighted by molar-refractivity contribution is 7.99. The van der Waals surface area contributed by atoms with Crippen LogP contribution in [0.2, 0.25) is 0 Å². The SMILES string of the molecule is NCCCSCCOc1ccccc1F. The number of para-hydroxylation sites is 1. The summed E-state index contributed by atoms with van der Waals surface area (Å²) in [6, 6.07) is 6.45. The second-order valence-electron chi connectivity index (χ2n) is 3.03. The Kier molecular flexibility index (Phi) is 6.20. The van der Waals surface area contributed by atoms with E-state index in [1.165, 1.54) is 6.07 Å². The summed E-state index contributed by atoms with van der Waals surface area (Å²) < 4.78 is 18.4. The Morgan fingerprint density at radius 1 is 1.27 bits per heavy atom. The number of rotatable bonds is 7. The van der Waals surface area contributed by atoms with Gasteiger partial charge in [-0.05, 0) is 30.9 Å². The number of thioether (sulfide) groups is 1. The minimum Gasteiger partial charge on any atom is -0.490 e. The van der Waals surface area contributed by atoms with Gasteiger partial charge < -0.3 is 10.5 Å². The lowest BCUT2D eigenvalue weighted by Crippen LogP contribution is -2.04. The number of halogens is 1. The van der Waals surface area contributed by atoms with Crippen molar-refractivity contribution in [2.24, 2.45) is 5.73 Å². The minimum atomic E-state index is -0.301. The summed E-state index contributed by atoms with van der Waals surface area (Å²) in [7, 11) is 0. The fourth-order valence-electron chi connectivity index (χ4n) is 1.06. The van der Waals surface area contributed by atoms with Crippen LogP contribution in [0.15, 0.2) is 24.3 Å². The monoisotopic (exact) mass is 229 g/mol. The molecular weight excluding hydrogens is 213 g/mol. The third kappa shape index (κ3) is 5.04. The lowest BCUT2D eigenvalue weighted by atomic mass is 10.3. The standard InChI is InChI=1S/C11H16FNOS/c12-10-4-1-2-5-11(10)14-7-9-15-8-3-6-13/h1-2,4-5H,3,6-9,13H2. The van der Waals surface area contributed by atoms with Crippen molar-refractivity contribution in [1.29, 1.82) is 0 Å². The molecule has 0 fully saturated rings. The highest BCUT2D eigenvalue weighted by Gasteiger charge is 2.00. The van der Waals surface area contributed by atoms with Crippen molar-refractivity contribution in [2.75, 3.05) is 24.7 Å². The summed E-state index contributed by atoms with van der Waals surface area (Å²) in [5, 5.41) is 0. The molecule has 0 aliphatic heterocycles. The smallest absolute Gasteiger partial charge is 0.165 e. The van der Waals surface area contributed by atoms with Crippen LogP contribution in [0.5, 0.6) is 5.75 Å². The summed E-state index contributed by atoms with van der Waals surface area (Å²) in [5.41, 5.74) is 5.36. The topological polar surface area (TPSA) is 35.2 Å². The quantitative estimate of drug-likeness (QED) is 0.729. The highest BCUT2D eigenvalue weighted by Crippen LogP contribution is 2.15. The van der Waals surface area contributed by atoms with Crippen molar-refractivity contribution in [1.82, 2.24) is 0 Å². The van der Waals surface area contributed by atoms with E-state index < -0.39 is 0 Å². The van der Waals surface area contributed by atoms with Gasteiger partial charge in [0.2, 0.25) is 0 Å². The predicted octanol–water partition coefficient (Wildman–Crippen LogP) is 2.29. The summed E-state index contributed by atoms with van der Waals surface area (Å²) in [6.07, 6.45) is 1.02. The molecule has 2 N–H and O–H groups in total. The molecular formula is C11H16FNOS. The first kappa shape index (κ1) is 12.3. The maximum absolute atomic E-state index is 13.1. The van der Waals surface area contributed by atoms with Crippen molar-refractivity contribution >= 4 is 11.8 Å². The average molecular weight is 229 g/mol. The van der Waals surface area contributed by atoms with E-state index >= 15 is 0 Å². The van der Waals surface area contributed by atoms with Crippen LogP contribution in [-0.2, 0) is 0 Å². The van der Waals surface area contributed by atoms with Crippen LogP contribution in [-0.4, -0.2) is 24.7 Å². The van der Waals surface area contributed by atoms with Crippen LogP contribution >= 0.6 is 11.8 Å². The second-order valence-corrected chi connectivity index (χ2v) is 4.26. The third-order valence-corrected chi connectivity index (χ3v) is 2.85. The number of hydrogen-bond acceptors (Lipinski definition) is 3. The minimum absolute atomic E-state index is 0.301. The Balaban J connectivity index is 2.12. The maximum atomic E-state index is 13.1. The Bertz CT molecular complexity index is 283. The zero-order valence-electron chi connectivity index (χ0n) is 8.62. The van der Waals surface area contributed by atoms with E-state index in [1.807, 2.05) is 0 Å². The third-order valence-electron chi connectivity index (χ3n) is 1.81. The Morgan fingerprint density at radius 2 is 2.07 bits per heavy atom. The maximum Gasteiger partial charge on any atom is 0.165 e. The van der Waals surface area contributed by atoms with Crippen LogP contribution < -0.4 is 10.5 Å². The van der Waals surface area contributed by atoms with E-state index in [1.54, 1.807) is 30.0 Å². The molecule has 84 valence electrons. The molecule has 15 heavy (non-hydrogen) atoms. The molecule has 0 saturated carbocycles. The van der Waals surface area contributed by atoms with E-state index in [0.717, 1.165) is 24.5 Å². The van der Waals surface area contributed by atoms with Crippen molar-refractivity contribution in [2.45, 2.75) is 6.42 Å².